The number of fused-ring (bicyclic) bond motifs is 1. The van der Waals surface area contributed by atoms with Gasteiger partial charge in [-0.3, -0.25) is 0 Å². The first-order chi connectivity index (χ1) is 8.43. The van der Waals surface area contributed by atoms with E-state index in [-0.39, 0.29) is 0 Å². The SMILES string of the molecule is C(#Cc1cccc2ccccc12)c1ccsc1. The second-order valence-corrected chi connectivity index (χ2v) is 4.57. The van der Waals surface area contributed by atoms with Crippen LogP contribution in [-0.2, 0) is 0 Å². The van der Waals surface area contributed by atoms with Gasteiger partial charge in [-0.1, -0.05) is 48.2 Å². The van der Waals surface area contributed by atoms with Gasteiger partial charge in [-0.25, -0.2) is 0 Å². The van der Waals surface area contributed by atoms with Crippen LogP contribution in [0.25, 0.3) is 10.8 Å². The van der Waals surface area contributed by atoms with E-state index in [0.29, 0.717) is 0 Å². The van der Waals surface area contributed by atoms with Gasteiger partial charge in [0.2, 0.25) is 0 Å². The predicted molar refractivity (Wildman–Crippen MR) is 74.2 cm³/mol. The van der Waals surface area contributed by atoms with Crippen molar-refractivity contribution in [3.63, 3.8) is 0 Å². The Balaban J connectivity index is 2.12. The molecule has 0 saturated heterocycles. The molecule has 0 radical (unpaired) electrons. The standard InChI is InChI=1S/C16H10S/c1-2-7-16-14(4-1)5-3-6-15(16)9-8-13-10-11-17-12-13/h1-7,10-12H. The Labute approximate surface area is 105 Å². The van der Waals surface area contributed by atoms with E-state index < -0.39 is 0 Å². The van der Waals surface area contributed by atoms with Gasteiger partial charge in [-0.05, 0) is 28.3 Å². The van der Waals surface area contributed by atoms with Crippen molar-refractivity contribution in [1.82, 2.24) is 0 Å². The zero-order valence-corrected chi connectivity index (χ0v) is 10.00. The summed E-state index contributed by atoms with van der Waals surface area (Å²) in [5, 5.41) is 6.58. The molecule has 80 valence electrons. The van der Waals surface area contributed by atoms with Gasteiger partial charge in [0.25, 0.3) is 0 Å². The quantitative estimate of drug-likeness (QED) is 0.509. The second-order valence-electron chi connectivity index (χ2n) is 3.79. The van der Waals surface area contributed by atoms with Crippen LogP contribution in [-0.4, -0.2) is 0 Å². The first-order valence-electron chi connectivity index (χ1n) is 5.45. The molecule has 1 aromatic heterocycles. The van der Waals surface area contributed by atoms with E-state index in [4.69, 9.17) is 0 Å². The number of hydrogen-bond donors (Lipinski definition) is 0. The Morgan fingerprint density at radius 3 is 2.59 bits per heavy atom. The maximum Gasteiger partial charge on any atom is 0.0356 e. The summed E-state index contributed by atoms with van der Waals surface area (Å²) in [6.45, 7) is 0. The highest BCUT2D eigenvalue weighted by Crippen LogP contribution is 2.17. The van der Waals surface area contributed by atoms with Crippen LogP contribution < -0.4 is 0 Å². The lowest BCUT2D eigenvalue weighted by molar-refractivity contribution is 1.70. The van der Waals surface area contributed by atoms with E-state index in [2.05, 4.69) is 59.7 Å². The van der Waals surface area contributed by atoms with Crippen LogP contribution in [0.5, 0.6) is 0 Å². The molecule has 0 atom stereocenters. The lowest BCUT2D eigenvalue weighted by atomic mass is 10.0. The summed E-state index contributed by atoms with van der Waals surface area (Å²) in [6, 6.07) is 16.6. The minimum absolute atomic E-state index is 1.09. The molecule has 3 aromatic rings. The summed E-state index contributed by atoms with van der Waals surface area (Å²) in [6.07, 6.45) is 0. The average molecular weight is 234 g/mol. The molecule has 0 N–H and O–H groups in total. The Hall–Kier alpha value is -2.04. The van der Waals surface area contributed by atoms with Gasteiger partial charge in [-0.2, -0.15) is 11.3 Å². The third-order valence-electron chi connectivity index (χ3n) is 2.65. The van der Waals surface area contributed by atoms with Crippen LogP contribution in [0.1, 0.15) is 11.1 Å². The van der Waals surface area contributed by atoms with Crippen molar-refractivity contribution in [2.75, 3.05) is 0 Å². The first-order valence-corrected chi connectivity index (χ1v) is 6.40. The van der Waals surface area contributed by atoms with E-state index in [1.807, 2.05) is 11.4 Å². The fourth-order valence-electron chi connectivity index (χ4n) is 1.81. The summed E-state index contributed by atoms with van der Waals surface area (Å²) in [5.74, 6) is 6.44. The molecular formula is C16H10S. The van der Waals surface area contributed by atoms with Gasteiger partial charge in [0.05, 0.1) is 0 Å². The minimum Gasteiger partial charge on any atom is -0.151 e. The molecule has 0 saturated carbocycles. The normalized spacial score (nSPS) is 9.88. The van der Waals surface area contributed by atoms with Crippen molar-refractivity contribution in [2.45, 2.75) is 0 Å². The Bertz CT molecular complexity index is 692. The molecule has 1 heterocycles. The fraction of sp³-hybridized carbons (Fsp3) is 0. The van der Waals surface area contributed by atoms with Gasteiger partial charge in [-0.15, -0.1) is 0 Å². The Morgan fingerprint density at radius 2 is 1.71 bits per heavy atom. The van der Waals surface area contributed by atoms with Crippen LogP contribution >= 0.6 is 11.3 Å². The van der Waals surface area contributed by atoms with E-state index in [1.54, 1.807) is 11.3 Å². The molecule has 1 heteroatoms. The van der Waals surface area contributed by atoms with Crippen LogP contribution in [0.15, 0.2) is 59.3 Å². The molecule has 0 aliphatic heterocycles. The Kier molecular flexibility index (Phi) is 2.65. The monoisotopic (exact) mass is 234 g/mol. The molecule has 0 nitrogen and oxygen atoms in total. The van der Waals surface area contributed by atoms with E-state index in [9.17, 15) is 0 Å². The molecule has 2 aromatic carbocycles. The number of rotatable bonds is 0. The molecule has 0 amide bonds. The molecular weight excluding hydrogens is 224 g/mol. The molecule has 0 aliphatic rings. The molecule has 17 heavy (non-hydrogen) atoms. The zero-order chi connectivity index (χ0) is 11.5. The predicted octanol–water partition coefficient (Wildman–Crippen LogP) is 4.30. The van der Waals surface area contributed by atoms with Gasteiger partial charge in [0.1, 0.15) is 0 Å². The fourth-order valence-corrected chi connectivity index (χ4v) is 2.40. The van der Waals surface area contributed by atoms with Crippen LogP contribution in [0.4, 0.5) is 0 Å². The topological polar surface area (TPSA) is 0 Å². The van der Waals surface area contributed by atoms with Crippen LogP contribution in [0.2, 0.25) is 0 Å². The number of thiophene rings is 1. The minimum atomic E-state index is 1.09. The van der Waals surface area contributed by atoms with Crippen LogP contribution in [0.3, 0.4) is 0 Å². The molecule has 0 aliphatic carbocycles. The lowest BCUT2D eigenvalue weighted by Gasteiger charge is -1.98. The summed E-state index contributed by atoms with van der Waals surface area (Å²) < 4.78 is 0. The number of hydrogen-bond acceptors (Lipinski definition) is 1. The third-order valence-corrected chi connectivity index (χ3v) is 3.34. The smallest absolute Gasteiger partial charge is 0.0356 e. The highest BCUT2D eigenvalue weighted by atomic mass is 32.1. The maximum atomic E-state index is 3.25. The van der Waals surface area contributed by atoms with E-state index in [1.165, 1.54) is 10.8 Å². The molecule has 0 fully saturated rings. The molecule has 0 unspecified atom stereocenters. The Morgan fingerprint density at radius 1 is 0.824 bits per heavy atom. The highest BCUT2D eigenvalue weighted by Gasteiger charge is 1.96. The lowest BCUT2D eigenvalue weighted by Crippen LogP contribution is -1.78. The van der Waals surface area contributed by atoms with Crippen molar-refractivity contribution in [1.29, 1.82) is 0 Å². The van der Waals surface area contributed by atoms with Crippen LogP contribution in [0, 0.1) is 11.8 Å². The van der Waals surface area contributed by atoms with Crippen molar-refractivity contribution < 1.29 is 0 Å². The molecule has 0 bridgehead atoms. The first kappa shape index (κ1) is 10.1. The second kappa shape index (κ2) is 4.45. The summed E-state index contributed by atoms with van der Waals surface area (Å²) in [5.41, 5.74) is 2.18. The maximum absolute atomic E-state index is 3.25. The zero-order valence-electron chi connectivity index (χ0n) is 9.18. The summed E-state index contributed by atoms with van der Waals surface area (Å²) in [4.78, 5) is 0. The van der Waals surface area contributed by atoms with Gasteiger partial charge in [0.15, 0.2) is 0 Å². The largest absolute Gasteiger partial charge is 0.151 e. The summed E-state index contributed by atoms with van der Waals surface area (Å²) in [7, 11) is 0. The van der Waals surface area contributed by atoms with Crippen molar-refractivity contribution >= 4 is 22.1 Å². The molecule has 0 spiro atoms. The van der Waals surface area contributed by atoms with Crippen molar-refractivity contribution in [2.24, 2.45) is 0 Å². The summed E-state index contributed by atoms with van der Waals surface area (Å²) >= 11 is 1.68. The van der Waals surface area contributed by atoms with Gasteiger partial charge in [0, 0.05) is 16.5 Å². The van der Waals surface area contributed by atoms with Crippen molar-refractivity contribution in [3.05, 3.63) is 70.4 Å². The van der Waals surface area contributed by atoms with E-state index >= 15 is 0 Å². The van der Waals surface area contributed by atoms with Gasteiger partial charge < -0.3 is 0 Å². The number of benzene rings is 2. The van der Waals surface area contributed by atoms with E-state index in [0.717, 1.165) is 11.1 Å². The average Bonchev–Trinajstić information content (AvgIpc) is 2.89. The molecule has 3 rings (SSSR count). The third kappa shape index (κ3) is 2.08. The van der Waals surface area contributed by atoms with Gasteiger partial charge >= 0.3 is 0 Å². The highest BCUT2D eigenvalue weighted by molar-refractivity contribution is 7.08. The van der Waals surface area contributed by atoms with Crippen molar-refractivity contribution in [3.8, 4) is 11.8 Å².